The molecule has 3 heteroatoms. The van der Waals surface area contributed by atoms with Crippen molar-refractivity contribution in [2.45, 2.75) is 45.4 Å². The van der Waals surface area contributed by atoms with Crippen molar-refractivity contribution in [2.24, 2.45) is 22.4 Å². The van der Waals surface area contributed by atoms with Gasteiger partial charge in [-0.3, -0.25) is 4.79 Å². The van der Waals surface area contributed by atoms with Crippen LogP contribution in [0, 0.1) is 17.3 Å². The number of nitrogens with zero attached hydrogens (tertiary/aromatic N) is 1. The van der Waals surface area contributed by atoms with Crippen LogP contribution in [-0.2, 0) is 4.79 Å². The monoisotopic (exact) mass is 283 g/mol. The SMILES string of the molecule is C[C@]12C=CC3=C4CC/C(=N\O)C=C4CC[C@H]3[C@@H]1CCC2=O. The highest BCUT2D eigenvalue weighted by Gasteiger charge is 2.51. The van der Waals surface area contributed by atoms with E-state index in [1.807, 2.05) is 0 Å². The number of oxime groups is 1. The van der Waals surface area contributed by atoms with Crippen molar-refractivity contribution in [3.8, 4) is 0 Å². The van der Waals surface area contributed by atoms with E-state index in [-0.39, 0.29) is 5.41 Å². The van der Waals surface area contributed by atoms with Crippen LogP contribution in [0.15, 0.2) is 40.1 Å². The summed E-state index contributed by atoms with van der Waals surface area (Å²) in [6.07, 6.45) is 12.2. The van der Waals surface area contributed by atoms with Crippen LogP contribution in [0.3, 0.4) is 0 Å². The van der Waals surface area contributed by atoms with Crippen LogP contribution in [0.5, 0.6) is 0 Å². The lowest BCUT2D eigenvalue weighted by Crippen LogP contribution is -2.37. The number of hydrogen-bond donors (Lipinski definition) is 1. The second kappa shape index (κ2) is 4.43. The second-order valence-corrected chi connectivity index (χ2v) is 7.02. The van der Waals surface area contributed by atoms with Gasteiger partial charge in [-0.1, -0.05) is 17.3 Å². The minimum absolute atomic E-state index is 0.220. The molecule has 0 aromatic heterocycles. The molecule has 0 unspecified atom stereocenters. The highest BCUT2D eigenvalue weighted by molar-refractivity contribution is 5.97. The molecule has 110 valence electrons. The van der Waals surface area contributed by atoms with Gasteiger partial charge >= 0.3 is 0 Å². The predicted molar refractivity (Wildman–Crippen MR) is 81.3 cm³/mol. The zero-order valence-corrected chi connectivity index (χ0v) is 12.4. The minimum atomic E-state index is -0.220. The third-order valence-electron chi connectivity index (χ3n) is 6.11. The van der Waals surface area contributed by atoms with Gasteiger partial charge in [0.25, 0.3) is 0 Å². The number of allylic oxidation sites excluding steroid dienone is 6. The highest BCUT2D eigenvalue weighted by atomic mass is 16.4. The molecule has 0 aliphatic heterocycles. The van der Waals surface area contributed by atoms with Gasteiger partial charge in [0.2, 0.25) is 0 Å². The summed E-state index contributed by atoms with van der Waals surface area (Å²) in [6.45, 7) is 2.13. The molecule has 3 nitrogen and oxygen atoms in total. The van der Waals surface area contributed by atoms with Crippen LogP contribution in [0.25, 0.3) is 0 Å². The summed E-state index contributed by atoms with van der Waals surface area (Å²) >= 11 is 0. The third-order valence-corrected chi connectivity index (χ3v) is 6.11. The number of Topliss-reactive ketones (excluding diaryl/α,β-unsaturated/α-hetero) is 1. The van der Waals surface area contributed by atoms with Crippen molar-refractivity contribution >= 4 is 11.5 Å². The lowest BCUT2D eigenvalue weighted by atomic mass is 9.61. The van der Waals surface area contributed by atoms with Gasteiger partial charge in [0.1, 0.15) is 5.78 Å². The van der Waals surface area contributed by atoms with E-state index in [0.29, 0.717) is 17.6 Å². The molecule has 1 saturated carbocycles. The number of fused-ring (bicyclic) bond motifs is 4. The molecule has 4 rings (SSSR count). The maximum Gasteiger partial charge on any atom is 0.142 e. The Labute approximate surface area is 125 Å². The fourth-order valence-corrected chi connectivity index (χ4v) is 4.90. The van der Waals surface area contributed by atoms with E-state index in [9.17, 15) is 4.79 Å². The molecule has 3 atom stereocenters. The Morgan fingerprint density at radius 1 is 1.24 bits per heavy atom. The van der Waals surface area contributed by atoms with Crippen molar-refractivity contribution in [2.75, 3.05) is 0 Å². The predicted octanol–water partition coefficient (Wildman–Crippen LogP) is 3.80. The van der Waals surface area contributed by atoms with Gasteiger partial charge < -0.3 is 5.21 Å². The first kappa shape index (κ1) is 13.1. The molecule has 21 heavy (non-hydrogen) atoms. The van der Waals surface area contributed by atoms with Gasteiger partial charge in [-0.15, -0.1) is 0 Å². The summed E-state index contributed by atoms with van der Waals surface area (Å²) in [4.78, 5) is 12.2. The van der Waals surface area contributed by atoms with Crippen molar-refractivity contribution in [1.29, 1.82) is 0 Å². The number of carbonyl (C=O) groups is 1. The topological polar surface area (TPSA) is 49.7 Å². The average Bonchev–Trinajstić information content (AvgIpc) is 2.82. The number of carbonyl (C=O) groups excluding carboxylic acids is 1. The number of rotatable bonds is 0. The molecule has 1 fully saturated rings. The number of hydrogen-bond acceptors (Lipinski definition) is 3. The molecule has 0 heterocycles. The van der Waals surface area contributed by atoms with Gasteiger partial charge in [0, 0.05) is 11.8 Å². The Balaban J connectivity index is 1.81. The Morgan fingerprint density at radius 3 is 2.90 bits per heavy atom. The van der Waals surface area contributed by atoms with Crippen LogP contribution in [0.4, 0.5) is 0 Å². The van der Waals surface area contributed by atoms with Gasteiger partial charge in [0.05, 0.1) is 5.71 Å². The van der Waals surface area contributed by atoms with Crippen molar-refractivity contribution in [3.63, 3.8) is 0 Å². The molecule has 0 radical (unpaired) electrons. The molecular weight excluding hydrogens is 262 g/mol. The molecule has 0 amide bonds. The van der Waals surface area contributed by atoms with Gasteiger partial charge in [0.15, 0.2) is 0 Å². The zero-order chi connectivity index (χ0) is 14.6. The lowest BCUT2D eigenvalue weighted by molar-refractivity contribution is -0.124. The summed E-state index contributed by atoms with van der Waals surface area (Å²) in [6, 6.07) is 0. The standard InChI is InChI=1S/C18H21NO2/c1-18-9-8-14-13-5-3-12(19-21)10-11(13)2-4-15(14)16(18)6-7-17(18)20/h8-10,15-16,21H,2-7H2,1H3/b19-12+/t15-,16+,18+/m1/s1. The van der Waals surface area contributed by atoms with E-state index < -0.39 is 0 Å². The van der Waals surface area contributed by atoms with E-state index in [2.05, 4.69) is 30.3 Å². The molecule has 1 N–H and O–H groups in total. The smallest absolute Gasteiger partial charge is 0.142 e. The fourth-order valence-electron chi connectivity index (χ4n) is 4.90. The Hall–Kier alpha value is -1.64. The van der Waals surface area contributed by atoms with Crippen LogP contribution in [0.1, 0.15) is 45.4 Å². The quantitative estimate of drug-likeness (QED) is 0.543. The summed E-state index contributed by atoms with van der Waals surface area (Å²) in [5.74, 6) is 1.46. The number of ketones is 1. The summed E-state index contributed by atoms with van der Waals surface area (Å²) in [5, 5.41) is 12.3. The van der Waals surface area contributed by atoms with E-state index >= 15 is 0 Å². The van der Waals surface area contributed by atoms with Crippen molar-refractivity contribution in [1.82, 2.24) is 0 Å². The summed E-state index contributed by atoms with van der Waals surface area (Å²) in [7, 11) is 0. The molecule has 4 aliphatic rings. The summed E-state index contributed by atoms with van der Waals surface area (Å²) < 4.78 is 0. The van der Waals surface area contributed by atoms with Crippen molar-refractivity contribution < 1.29 is 10.0 Å². The Bertz CT molecular complexity index is 638. The lowest BCUT2D eigenvalue weighted by Gasteiger charge is -2.42. The van der Waals surface area contributed by atoms with E-state index in [4.69, 9.17) is 5.21 Å². The molecule has 0 aromatic rings. The molecule has 0 saturated heterocycles. The van der Waals surface area contributed by atoms with Gasteiger partial charge in [-0.2, -0.15) is 0 Å². The fraction of sp³-hybridized carbons (Fsp3) is 0.556. The highest BCUT2D eigenvalue weighted by Crippen LogP contribution is 2.55. The van der Waals surface area contributed by atoms with Gasteiger partial charge in [-0.05, 0) is 73.7 Å². The maximum absolute atomic E-state index is 12.2. The zero-order valence-electron chi connectivity index (χ0n) is 12.4. The largest absolute Gasteiger partial charge is 0.411 e. The minimum Gasteiger partial charge on any atom is -0.411 e. The maximum atomic E-state index is 12.2. The average molecular weight is 283 g/mol. The first-order valence-electron chi connectivity index (χ1n) is 8.01. The van der Waals surface area contributed by atoms with E-state index in [0.717, 1.165) is 44.2 Å². The van der Waals surface area contributed by atoms with Gasteiger partial charge in [-0.25, -0.2) is 0 Å². The van der Waals surface area contributed by atoms with E-state index in [1.165, 1.54) is 16.7 Å². The Kier molecular flexibility index (Phi) is 2.75. The molecule has 0 bridgehead atoms. The summed E-state index contributed by atoms with van der Waals surface area (Å²) in [5.41, 5.74) is 4.84. The normalized spacial score (nSPS) is 40.0. The van der Waals surface area contributed by atoms with E-state index in [1.54, 1.807) is 0 Å². The Morgan fingerprint density at radius 2 is 2.10 bits per heavy atom. The molecular formula is C18H21NO2. The first-order valence-corrected chi connectivity index (χ1v) is 8.01. The molecule has 0 aromatic carbocycles. The molecule has 0 spiro atoms. The van der Waals surface area contributed by atoms with Crippen molar-refractivity contribution in [3.05, 3.63) is 34.9 Å². The van der Waals surface area contributed by atoms with Crippen LogP contribution < -0.4 is 0 Å². The van der Waals surface area contributed by atoms with Crippen LogP contribution in [-0.4, -0.2) is 16.7 Å². The van der Waals surface area contributed by atoms with Crippen LogP contribution >= 0.6 is 0 Å². The second-order valence-electron chi connectivity index (χ2n) is 7.02. The third kappa shape index (κ3) is 1.73. The first-order chi connectivity index (χ1) is 10.1. The molecule has 4 aliphatic carbocycles. The van der Waals surface area contributed by atoms with Crippen LogP contribution in [0.2, 0.25) is 0 Å².